The van der Waals surface area contributed by atoms with Gasteiger partial charge in [-0.3, -0.25) is 0 Å². The summed E-state index contributed by atoms with van der Waals surface area (Å²) in [6.45, 7) is 3.63. The highest BCUT2D eigenvalue weighted by Gasteiger charge is 2.58. The number of hydrogen-bond donors (Lipinski definition) is 0. The summed E-state index contributed by atoms with van der Waals surface area (Å²) in [5, 5.41) is 1.76. The molecule has 1 aliphatic heterocycles. The van der Waals surface area contributed by atoms with Crippen molar-refractivity contribution < 1.29 is 0 Å². The van der Waals surface area contributed by atoms with Gasteiger partial charge in [0.1, 0.15) is 0 Å². The van der Waals surface area contributed by atoms with Crippen LogP contribution in [0.3, 0.4) is 0 Å². The summed E-state index contributed by atoms with van der Waals surface area (Å²) in [5.74, 6) is 1.95. The summed E-state index contributed by atoms with van der Waals surface area (Å²) in [4.78, 5) is 2.77. The zero-order valence-electron chi connectivity index (χ0n) is 15.6. The van der Waals surface area contributed by atoms with Crippen molar-refractivity contribution in [3.8, 4) is 0 Å². The van der Waals surface area contributed by atoms with Crippen LogP contribution in [0.15, 0.2) is 36.4 Å². The van der Waals surface area contributed by atoms with Gasteiger partial charge in [-0.25, -0.2) is 0 Å². The van der Waals surface area contributed by atoms with Gasteiger partial charge in [0.05, 0.1) is 0 Å². The Morgan fingerprint density at radius 3 is 2.48 bits per heavy atom. The second-order valence-corrected chi connectivity index (χ2v) is 10.2. The van der Waals surface area contributed by atoms with Crippen LogP contribution in [0.2, 0.25) is 10.0 Å². The number of rotatable bonds is 2. The maximum atomic E-state index is 6.48. The van der Waals surface area contributed by atoms with Crippen LogP contribution in [-0.4, -0.2) is 24.5 Å². The number of likely N-dealkylation sites (tertiary alicyclic amines) is 1. The molecule has 0 radical (unpaired) electrons. The predicted molar refractivity (Wildman–Crippen MR) is 112 cm³/mol. The van der Waals surface area contributed by atoms with Crippen LogP contribution < -0.4 is 0 Å². The number of nitrogens with zero attached hydrogens (tertiary/aromatic N) is 1. The van der Waals surface area contributed by atoms with Gasteiger partial charge in [0.15, 0.2) is 0 Å². The van der Waals surface area contributed by atoms with Gasteiger partial charge in [0, 0.05) is 46.9 Å². The highest BCUT2D eigenvalue weighted by atomic mass is 35.5. The van der Waals surface area contributed by atoms with E-state index in [1.807, 2.05) is 0 Å². The molecule has 1 heterocycles. The highest BCUT2D eigenvalue weighted by Crippen LogP contribution is 2.63. The van der Waals surface area contributed by atoms with E-state index in [0.29, 0.717) is 11.8 Å². The second-order valence-electron chi connectivity index (χ2n) is 9.31. The molecule has 1 saturated carbocycles. The first kappa shape index (κ1) is 16.9. The van der Waals surface area contributed by atoms with Crippen LogP contribution in [0.4, 0.5) is 0 Å². The van der Waals surface area contributed by atoms with Crippen molar-refractivity contribution in [2.45, 2.75) is 49.4 Å². The third-order valence-electron chi connectivity index (χ3n) is 7.90. The largest absolute Gasteiger partial charge is 0.302 e. The van der Waals surface area contributed by atoms with E-state index in [-0.39, 0.29) is 5.41 Å². The van der Waals surface area contributed by atoms with Crippen molar-refractivity contribution in [1.29, 1.82) is 0 Å². The maximum Gasteiger partial charge on any atom is 0.0409 e. The Bertz CT molecular complexity index is 906. The molecule has 27 heavy (non-hydrogen) atoms. The van der Waals surface area contributed by atoms with Gasteiger partial charge in [-0.05, 0) is 71.7 Å². The van der Waals surface area contributed by atoms with Crippen molar-refractivity contribution in [2.24, 2.45) is 5.92 Å². The third kappa shape index (κ3) is 2.41. The Kier molecular flexibility index (Phi) is 3.75. The Morgan fingerprint density at radius 2 is 1.67 bits per heavy atom. The van der Waals surface area contributed by atoms with Crippen LogP contribution in [-0.2, 0) is 5.41 Å². The monoisotopic (exact) mass is 397 g/mol. The summed E-state index contributed by atoms with van der Waals surface area (Å²) in [5.41, 5.74) is 6.25. The predicted octanol–water partition coefficient (Wildman–Crippen LogP) is 6.37. The van der Waals surface area contributed by atoms with Crippen molar-refractivity contribution >= 4 is 23.2 Å². The van der Waals surface area contributed by atoms with E-state index in [4.69, 9.17) is 23.2 Å². The molecule has 6 rings (SSSR count). The summed E-state index contributed by atoms with van der Waals surface area (Å²) in [6, 6.07) is 13.3. The van der Waals surface area contributed by atoms with Crippen molar-refractivity contribution in [2.75, 3.05) is 19.6 Å². The minimum atomic E-state index is 0.223. The summed E-state index contributed by atoms with van der Waals surface area (Å²) in [6.07, 6.45) is 6.92. The van der Waals surface area contributed by atoms with E-state index >= 15 is 0 Å². The van der Waals surface area contributed by atoms with Gasteiger partial charge < -0.3 is 4.90 Å². The summed E-state index contributed by atoms with van der Waals surface area (Å²) in [7, 11) is 0. The van der Waals surface area contributed by atoms with Gasteiger partial charge in [0.2, 0.25) is 0 Å². The molecule has 2 bridgehead atoms. The van der Waals surface area contributed by atoms with Gasteiger partial charge >= 0.3 is 0 Å². The first-order valence-corrected chi connectivity index (χ1v) is 11.2. The van der Waals surface area contributed by atoms with E-state index in [9.17, 15) is 0 Å². The zero-order valence-corrected chi connectivity index (χ0v) is 17.1. The van der Waals surface area contributed by atoms with E-state index in [0.717, 1.165) is 16.0 Å². The molecule has 140 valence electrons. The first-order valence-electron chi connectivity index (χ1n) is 10.5. The lowest BCUT2D eigenvalue weighted by Gasteiger charge is -2.37. The average molecular weight is 398 g/mol. The van der Waals surface area contributed by atoms with Crippen LogP contribution in [0, 0.1) is 5.92 Å². The van der Waals surface area contributed by atoms with Crippen molar-refractivity contribution in [1.82, 2.24) is 4.90 Å². The maximum absolute atomic E-state index is 6.48. The SMILES string of the molecule is Clc1ccc2c(c1)C1CN(CC3CCCC3)CC13CC2c1ccc(Cl)cc13. The molecule has 3 unspecified atom stereocenters. The first-order chi connectivity index (χ1) is 13.1. The van der Waals surface area contributed by atoms with Crippen LogP contribution in [0.1, 0.15) is 66.2 Å². The topological polar surface area (TPSA) is 3.24 Å². The molecule has 3 aliphatic carbocycles. The van der Waals surface area contributed by atoms with Crippen molar-refractivity contribution in [3.05, 3.63) is 68.7 Å². The van der Waals surface area contributed by atoms with Gasteiger partial charge in [-0.2, -0.15) is 0 Å². The average Bonchev–Trinajstić information content (AvgIpc) is 3.35. The molecule has 1 spiro atoms. The lowest BCUT2D eigenvalue weighted by molar-refractivity contribution is 0.260. The lowest BCUT2D eigenvalue weighted by Crippen LogP contribution is -2.35. The summed E-state index contributed by atoms with van der Waals surface area (Å²) < 4.78 is 0. The quantitative estimate of drug-likeness (QED) is 0.568. The van der Waals surface area contributed by atoms with E-state index < -0.39 is 0 Å². The fourth-order valence-corrected chi connectivity index (χ4v) is 7.22. The van der Waals surface area contributed by atoms with Crippen LogP contribution >= 0.6 is 23.2 Å². The number of fused-ring (bicyclic) bond motifs is 3. The minimum absolute atomic E-state index is 0.223. The van der Waals surface area contributed by atoms with E-state index in [1.165, 1.54) is 74.0 Å². The molecular formula is C24H25Cl2N. The Hall–Kier alpha value is -1.02. The van der Waals surface area contributed by atoms with E-state index in [2.05, 4.69) is 41.3 Å². The van der Waals surface area contributed by atoms with Gasteiger partial charge in [-0.15, -0.1) is 0 Å². The van der Waals surface area contributed by atoms with Gasteiger partial charge in [0.25, 0.3) is 0 Å². The summed E-state index contributed by atoms with van der Waals surface area (Å²) >= 11 is 12.9. The fraction of sp³-hybridized carbons (Fsp3) is 0.500. The smallest absolute Gasteiger partial charge is 0.0409 e. The standard InChI is InChI=1S/C24H25Cl2N/c25-16-5-7-18-20(9-16)23-13-27(12-15-3-1-2-4-15)14-24(23)11-21(18)19-8-6-17(26)10-22(19)24/h5-10,15,21,23H,1-4,11-14H2. The molecule has 1 nitrogen and oxygen atoms in total. The van der Waals surface area contributed by atoms with E-state index in [1.54, 1.807) is 0 Å². The Labute approximate surface area is 171 Å². The Morgan fingerprint density at radius 1 is 0.926 bits per heavy atom. The molecule has 0 amide bonds. The molecule has 2 fully saturated rings. The van der Waals surface area contributed by atoms with Crippen molar-refractivity contribution in [3.63, 3.8) is 0 Å². The number of benzene rings is 2. The Balaban J connectivity index is 1.48. The molecule has 3 heteroatoms. The number of hydrogen-bond acceptors (Lipinski definition) is 1. The second kappa shape index (κ2) is 5.99. The fourth-order valence-electron chi connectivity index (χ4n) is 6.87. The van der Waals surface area contributed by atoms with Gasteiger partial charge in [-0.1, -0.05) is 48.2 Å². The van der Waals surface area contributed by atoms with Crippen LogP contribution in [0.25, 0.3) is 0 Å². The molecule has 4 aliphatic rings. The number of halogens is 2. The molecular weight excluding hydrogens is 373 g/mol. The lowest BCUT2D eigenvalue weighted by atomic mass is 9.65. The highest BCUT2D eigenvalue weighted by molar-refractivity contribution is 6.31. The normalized spacial score (nSPS) is 31.8. The molecule has 0 N–H and O–H groups in total. The molecule has 0 aromatic heterocycles. The molecule has 2 aromatic rings. The molecule has 1 saturated heterocycles. The molecule has 3 atom stereocenters. The molecule has 2 aromatic carbocycles. The zero-order chi connectivity index (χ0) is 18.2. The van der Waals surface area contributed by atoms with Crippen LogP contribution in [0.5, 0.6) is 0 Å². The minimum Gasteiger partial charge on any atom is -0.302 e. The third-order valence-corrected chi connectivity index (χ3v) is 8.37.